The number of hydrogen-bond acceptors (Lipinski definition) is 6. The molecule has 2 atom stereocenters. The van der Waals surface area contributed by atoms with E-state index in [9.17, 15) is 14.7 Å². The number of likely N-dealkylation sites (tertiary alicyclic amines) is 1. The van der Waals surface area contributed by atoms with Crippen molar-refractivity contribution in [1.29, 1.82) is 0 Å². The summed E-state index contributed by atoms with van der Waals surface area (Å²) in [4.78, 5) is 28.8. The molecule has 2 aliphatic rings. The van der Waals surface area contributed by atoms with Crippen LogP contribution in [0.2, 0.25) is 0 Å². The molecule has 1 saturated heterocycles. The minimum atomic E-state index is -0.815. The molecule has 0 aromatic heterocycles. The number of Topliss-reactive ketones (excluding diaryl/α,β-unsaturated/α-hetero) is 1. The molecule has 0 unspecified atom stereocenters. The minimum Gasteiger partial charge on any atom is -0.507 e. The van der Waals surface area contributed by atoms with Gasteiger partial charge >= 0.3 is 0 Å². The number of ether oxygens (including phenoxy) is 3. The smallest absolute Gasteiger partial charge is 0.295 e. The molecule has 0 spiro atoms. The first-order chi connectivity index (χ1) is 21.4. The number of rotatable bonds is 10. The number of ketones is 1. The molecular weight excluding hydrogens is 554 g/mol. The van der Waals surface area contributed by atoms with E-state index in [-0.39, 0.29) is 17.4 Å². The Morgan fingerprint density at radius 2 is 1.61 bits per heavy atom. The van der Waals surface area contributed by atoms with Gasteiger partial charge in [0, 0.05) is 18.5 Å². The Kier molecular flexibility index (Phi) is 8.37. The van der Waals surface area contributed by atoms with Gasteiger partial charge in [-0.3, -0.25) is 9.59 Å². The normalized spacial score (nSPS) is 18.6. The van der Waals surface area contributed by atoms with Crippen LogP contribution in [0, 0.1) is 0 Å². The number of hydrogen-bond donors (Lipinski definition) is 1. The van der Waals surface area contributed by atoms with Crippen LogP contribution in [0.3, 0.4) is 0 Å². The Morgan fingerprint density at radius 1 is 0.886 bits per heavy atom. The maximum absolute atomic E-state index is 13.7. The van der Waals surface area contributed by atoms with Crippen LogP contribution in [0.15, 0.2) is 103 Å². The quantitative estimate of drug-likeness (QED) is 0.127. The van der Waals surface area contributed by atoms with Crippen LogP contribution in [0.5, 0.6) is 17.2 Å². The van der Waals surface area contributed by atoms with E-state index in [0.717, 1.165) is 22.4 Å². The van der Waals surface area contributed by atoms with Gasteiger partial charge in [0.2, 0.25) is 0 Å². The zero-order valence-corrected chi connectivity index (χ0v) is 24.9. The van der Waals surface area contributed by atoms with Crippen molar-refractivity contribution in [3.8, 4) is 17.2 Å². The summed E-state index contributed by atoms with van der Waals surface area (Å²) in [5, 5.41) is 11.7. The molecule has 4 aromatic carbocycles. The lowest BCUT2D eigenvalue weighted by atomic mass is 9.94. The summed E-state index contributed by atoms with van der Waals surface area (Å²) in [6.07, 6.45) is 1.29. The average Bonchev–Trinajstić information content (AvgIpc) is 3.54. The van der Waals surface area contributed by atoms with Crippen molar-refractivity contribution in [1.82, 2.24) is 4.90 Å². The van der Waals surface area contributed by atoms with Crippen molar-refractivity contribution < 1.29 is 28.9 Å². The average molecular weight is 590 g/mol. The van der Waals surface area contributed by atoms with Crippen molar-refractivity contribution in [3.05, 3.63) is 130 Å². The summed E-state index contributed by atoms with van der Waals surface area (Å²) in [7, 11) is 0. The van der Waals surface area contributed by atoms with E-state index in [1.807, 2.05) is 86.6 Å². The molecule has 1 fully saturated rings. The molecule has 0 bridgehead atoms. The topological polar surface area (TPSA) is 85.3 Å². The number of carbonyl (C=O) groups is 2. The van der Waals surface area contributed by atoms with Crippen LogP contribution in [0.1, 0.15) is 47.7 Å². The van der Waals surface area contributed by atoms with Gasteiger partial charge in [-0.05, 0) is 72.9 Å². The van der Waals surface area contributed by atoms with Gasteiger partial charge in [-0.25, -0.2) is 0 Å². The molecule has 2 aliphatic heterocycles. The van der Waals surface area contributed by atoms with Crippen molar-refractivity contribution in [3.63, 3.8) is 0 Å². The fourth-order valence-electron chi connectivity index (χ4n) is 5.89. The Hall–Kier alpha value is -5.04. The van der Waals surface area contributed by atoms with Crippen molar-refractivity contribution in [2.24, 2.45) is 0 Å². The highest BCUT2D eigenvalue weighted by Gasteiger charge is 2.46. The predicted molar refractivity (Wildman–Crippen MR) is 168 cm³/mol. The van der Waals surface area contributed by atoms with Gasteiger partial charge in [0.15, 0.2) is 11.5 Å². The lowest BCUT2D eigenvalue weighted by molar-refractivity contribution is -0.139. The van der Waals surface area contributed by atoms with E-state index in [4.69, 9.17) is 14.2 Å². The lowest BCUT2D eigenvalue weighted by Crippen LogP contribution is -2.31. The Labute approximate surface area is 257 Å². The van der Waals surface area contributed by atoms with Gasteiger partial charge < -0.3 is 24.2 Å². The SMILES string of the molecule is CCOc1cc([C@@H]2C(=C(O)c3ccc4c(c3)C[C@H](C)O4)C(=O)C(=O)N2CCc2ccccc2)ccc1OCc1ccccc1. The molecule has 7 nitrogen and oxygen atoms in total. The molecule has 2 heterocycles. The molecule has 44 heavy (non-hydrogen) atoms. The van der Waals surface area contributed by atoms with Crippen LogP contribution in [0.25, 0.3) is 5.76 Å². The molecule has 0 radical (unpaired) electrons. The number of nitrogens with zero attached hydrogens (tertiary/aromatic N) is 1. The Morgan fingerprint density at radius 3 is 2.34 bits per heavy atom. The Bertz CT molecular complexity index is 1700. The van der Waals surface area contributed by atoms with Gasteiger partial charge in [0.1, 0.15) is 24.2 Å². The second-order valence-electron chi connectivity index (χ2n) is 11.1. The molecule has 7 heteroatoms. The number of aliphatic hydroxyl groups is 1. The molecular formula is C37H35NO6. The van der Waals surface area contributed by atoms with E-state index in [0.29, 0.717) is 55.2 Å². The number of benzene rings is 4. The molecule has 6 rings (SSSR count). The molecule has 0 aliphatic carbocycles. The second kappa shape index (κ2) is 12.7. The summed E-state index contributed by atoms with van der Waals surface area (Å²) in [5.74, 6) is 0.245. The number of fused-ring (bicyclic) bond motifs is 1. The zero-order chi connectivity index (χ0) is 30.6. The highest BCUT2D eigenvalue weighted by molar-refractivity contribution is 6.46. The maximum Gasteiger partial charge on any atom is 0.295 e. The zero-order valence-electron chi connectivity index (χ0n) is 24.9. The summed E-state index contributed by atoms with van der Waals surface area (Å²) < 4.78 is 17.9. The van der Waals surface area contributed by atoms with E-state index in [2.05, 4.69) is 0 Å². The maximum atomic E-state index is 13.7. The molecule has 0 saturated carbocycles. The van der Waals surface area contributed by atoms with Crippen LogP contribution in [-0.2, 0) is 29.0 Å². The third kappa shape index (κ3) is 5.91. The van der Waals surface area contributed by atoms with Gasteiger partial charge in [-0.1, -0.05) is 66.7 Å². The minimum absolute atomic E-state index is 0.0329. The van der Waals surface area contributed by atoms with Gasteiger partial charge in [-0.2, -0.15) is 0 Å². The van der Waals surface area contributed by atoms with Crippen molar-refractivity contribution >= 4 is 17.4 Å². The fourth-order valence-corrected chi connectivity index (χ4v) is 5.89. The highest BCUT2D eigenvalue weighted by Crippen LogP contribution is 2.43. The van der Waals surface area contributed by atoms with Crippen LogP contribution >= 0.6 is 0 Å². The summed E-state index contributed by atoms with van der Waals surface area (Å²) >= 11 is 0. The monoisotopic (exact) mass is 589 g/mol. The van der Waals surface area contributed by atoms with Gasteiger partial charge in [-0.15, -0.1) is 0 Å². The summed E-state index contributed by atoms with van der Waals surface area (Å²) in [6, 6.07) is 29.7. The van der Waals surface area contributed by atoms with E-state index in [1.165, 1.54) is 0 Å². The first-order valence-electron chi connectivity index (χ1n) is 15.0. The van der Waals surface area contributed by atoms with Crippen molar-refractivity contribution in [2.45, 2.75) is 45.4 Å². The highest BCUT2D eigenvalue weighted by atomic mass is 16.5. The third-order valence-electron chi connectivity index (χ3n) is 8.01. The summed E-state index contributed by atoms with van der Waals surface area (Å²) in [5.41, 5.74) is 4.18. The first kappa shape index (κ1) is 29.1. The predicted octanol–water partition coefficient (Wildman–Crippen LogP) is 6.65. The van der Waals surface area contributed by atoms with E-state index < -0.39 is 17.7 Å². The fraction of sp³-hybridized carbons (Fsp3) is 0.243. The third-order valence-corrected chi connectivity index (χ3v) is 8.01. The number of amides is 1. The van der Waals surface area contributed by atoms with Crippen molar-refractivity contribution in [2.75, 3.05) is 13.2 Å². The molecule has 224 valence electrons. The Balaban J connectivity index is 1.40. The van der Waals surface area contributed by atoms with Gasteiger partial charge in [0.25, 0.3) is 11.7 Å². The molecule has 4 aromatic rings. The van der Waals surface area contributed by atoms with Crippen LogP contribution < -0.4 is 14.2 Å². The number of carbonyl (C=O) groups excluding carboxylic acids is 2. The largest absolute Gasteiger partial charge is 0.507 e. The standard InChI is InChI=1S/C37H35NO6/c1-3-42-32-22-27(14-17-31(32)43-23-26-12-8-5-9-13-26)34-33(35(39)28-15-16-30-29(21-28)20-24(2)44-30)36(40)37(41)38(34)19-18-25-10-6-4-7-11-25/h4-17,21-22,24,34,39H,3,18-20,23H2,1-2H3/t24-,34+/m0/s1. The summed E-state index contributed by atoms with van der Waals surface area (Å²) in [6.45, 7) is 4.92. The first-order valence-corrected chi connectivity index (χ1v) is 15.0. The van der Waals surface area contributed by atoms with Crippen LogP contribution in [0.4, 0.5) is 0 Å². The van der Waals surface area contributed by atoms with Gasteiger partial charge in [0.05, 0.1) is 18.2 Å². The molecule has 1 N–H and O–H groups in total. The second-order valence-corrected chi connectivity index (χ2v) is 11.1. The molecule has 1 amide bonds. The van der Waals surface area contributed by atoms with Crippen LogP contribution in [-0.4, -0.2) is 41.0 Å². The number of aliphatic hydroxyl groups excluding tert-OH is 1. The lowest BCUT2D eigenvalue weighted by Gasteiger charge is -2.26. The van der Waals surface area contributed by atoms with E-state index >= 15 is 0 Å². The van der Waals surface area contributed by atoms with E-state index in [1.54, 1.807) is 29.2 Å².